The second-order valence-corrected chi connectivity index (χ2v) is 7.91. The quantitative estimate of drug-likeness (QED) is 0.632. The maximum atomic E-state index is 12.2. The average Bonchev–Trinajstić information content (AvgIpc) is 3.03. The van der Waals surface area contributed by atoms with Crippen LogP contribution in [0.15, 0.2) is 35.5 Å². The van der Waals surface area contributed by atoms with E-state index in [1.807, 2.05) is 25.1 Å². The molecule has 0 bridgehead atoms. The molecule has 1 aromatic carbocycles. The molecule has 0 spiro atoms. The van der Waals surface area contributed by atoms with Crippen LogP contribution in [0, 0.1) is 0 Å². The third-order valence-electron chi connectivity index (χ3n) is 4.59. The fourth-order valence-corrected chi connectivity index (χ4v) is 3.65. The zero-order chi connectivity index (χ0) is 19.8. The number of nitrogens with one attached hydrogen (secondary N) is 1. The van der Waals surface area contributed by atoms with Gasteiger partial charge in [-0.15, -0.1) is 10.2 Å². The zero-order valence-corrected chi connectivity index (χ0v) is 17.8. The molecule has 0 radical (unpaired) electrons. The first-order valence-electron chi connectivity index (χ1n) is 9.51. The third-order valence-corrected chi connectivity index (χ3v) is 5.56. The fraction of sp³-hybridized carbons (Fsp3) is 0.550. The second-order valence-electron chi connectivity index (χ2n) is 6.97. The molecule has 0 saturated carbocycles. The van der Waals surface area contributed by atoms with Crippen molar-refractivity contribution in [3.8, 4) is 0 Å². The van der Waals surface area contributed by atoms with Crippen molar-refractivity contribution < 1.29 is 4.79 Å². The number of thioether (sulfide) groups is 1. The molecule has 0 aliphatic heterocycles. The third kappa shape index (κ3) is 6.07. The standard InChI is InChI=1S/C20H31N5OS/c1-6-15(3)21-18(26)14-27-20-23-22-19(17(7-2)24(4)5)25(20)13-16-11-9-8-10-12-16/h8-12,15,17H,6-7,13-14H2,1-5H3,(H,21,26)/t15-,17-/m0/s1. The first kappa shape index (κ1) is 21.4. The Hall–Kier alpha value is -1.86. The minimum absolute atomic E-state index is 0.0322. The van der Waals surface area contributed by atoms with Gasteiger partial charge in [0, 0.05) is 6.04 Å². The monoisotopic (exact) mass is 389 g/mol. The molecule has 0 fully saturated rings. The summed E-state index contributed by atoms with van der Waals surface area (Å²) in [6.07, 6.45) is 1.87. The number of amides is 1. The van der Waals surface area contributed by atoms with Crippen molar-refractivity contribution in [1.82, 2.24) is 25.0 Å². The van der Waals surface area contributed by atoms with Crippen molar-refractivity contribution in [2.45, 2.75) is 57.4 Å². The van der Waals surface area contributed by atoms with E-state index in [9.17, 15) is 4.79 Å². The van der Waals surface area contributed by atoms with Gasteiger partial charge in [-0.25, -0.2) is 0 Å². The molecule has 7 heteroatoms. The summed E-state index contributed by atoms with van der Waals surface area (Å²) in [6.45, 7) is 6.93. The number of carbonyl (C=O) groups is 1. The Morgan fingerprint density at radius 1 is 1.19 bits per heavy atom. The van der Waals surface area contributed by atoms with E-state index < -0.39 is 0 Å². The number of rotatable bonds is 10. The van der Waals surface area contributed by atoms with E-state index in [-0.39, 0.29) is 18.0 Å². The van der Waals surface area contributed by atoms with Gasteiger partial charge in [-0.1, -0.05) is 55.9 Å². The Morgan fingerprint density at radius 2 is 1.89 bits per heavy atom. The maximum absolute atomic E-state index is 12.2. The summed E-state index contributed by atoms with van der Waals surface area (Å²) in [5.74, 6) is 1.32. The predicted octanol–water partition coefficient (Wildman–Crippen LogP) is 3.35. The highest BCUT2D eigenvalue weighted by atomic mass is 32.2. The lowest BCUT2D eigenvalue weighted by atomic mass is 10.2. The smallest absolute Gasteiger partial charge is 0.230 e. The molecule has 1 amide bonds. The van der Waals surface area contributed by atoms with Crippen LogP contribution in [0.4, 0.5) is 0 Å². The van der Waals surface area contributed by atoms with E-state index in [0.717, 1.165) is 23.8 Å². The molecule has 1 heterocycles. The molecule has 0 unspecified atom stereocenters. The van der Waals surface area contributed by atoms with Gasteiger partial charge in [0.2, 0.25) is 5.91 Å². The number of carbonyl (C=O) groups excluding carboxylic acids is 1. The Labute approximate surface area is 166 Å². The van der Waals surface area contributed by atoms with Crippen LogP contribution in [0.5, 0.6) is 0 Å². The van der Waals surface area contributed by atoms with Gasteiger partial charge in [0.25, 0.3) is 0 Å². The summed E-state index contributed by atoms with van der Waals surface area (Å²) in [4.78, 5) is 14.3. The van der Waals surface area contributed by atoms with Crippen LogP contribution in [0.2, 0.25) is 0 Å². The molecule has 0 aliphatic rings. The van der Waals surface area contributed by atoms with E-state index in [1.165, 1.54) is 17.3 Å². The van der Waals surface area contributed by atoms with Gasteiger partial charge >= 0.3 is 0 Å². The van der Waals surface area contributed by atoms with Gasteiger partial charge in [-0.3, -0.25) is 9.69 Å². The van der Waals surface area contributed by atoms with Crippen LogP contribution in [0.3, 0.4) is 0 Å². The van der Waals surface area contributed by atoms with Crippen molar-refractivity contribution in [2.75, 3.05) is 19.8 Å². The van der Waals surface area contributed by atoms with E-state index in [4.69, 9.17) is 0 Å². The lowest BCUT2D eigenvalue weighted by Crippen LogP contribution is -2.33. The molecule has 0 aliphatic carbocycles. The van der Waals surface area contributed by atoms with Gasteiger partial charge in [0.1, 0.15) is 0 Å². The van der Waals surface area contributed by atoms with Crippen LogP contribution in [0.25, 0.3) is 0 Å². The summed E-state index contributed by atoms with van der Waals surface area (Å²) in [5.41, 5.74) is 1.19. The molecule has 0 saturated heterocycles. The predicted molar refractivity (Wildman–Crippen MR) is 111 cm³/mol. The van der Waals surface area contributed by atoms with Crippen molar-refractivity contribution in [2.24, 2.45) is 0 Å². The molecular formula is C20H31N5OS. The minimum Gasteiger partial charge on any atom is -0.353 e. The molecule has 2 atom stereocenters. The zero-order valence-electron chi connectivity index (χ0n) is 17.0. The molecule has 148 valence electrons. The van der Waals surface area contributed by atoms with Gasteiger partial charge in [-0.2, -0.15) is 0 Å². The highest BCUT2D eigenvalue weighted by molar-refractivity contribution is 7.99. The lowest BCUT2D eigenvalue weighted by Gasteiger charge is -2.23. The minimum atomic E-state index is 0.0322. The van der Waals surface area contributed by atoms with Crippen LogP contribution >= 0.6 is 11.8 Å². The van der Waals surface area contributed by atoms with E-state index in [2.05, 4.69) is 65.1 Å². The highest BCUT2D eigenvalue weighted by Crippen LogP contribution is 2.26. The molecule has 1 N–H and O–H groups in total. The van der Waals surface area contributed by atoms with Crippen LogP contribution in [-0.2, 0) is 11.3 Å². The Bertz CT molecular complexity index is 716. The number of hydrogen-bond donors (Lipinski definition) is 1. The number of benzene rings is 1. The Balaban J connectivity index is 2.23. The number of hydrogen-bond acceptors (Lipinski definition) is 5. The lowest BCUT2D eigenvalue weighted by molar-refractivity contribution is -0.119. The van der Waals surface area contributed by atoms with Crippen molar-refractivity contribution in [3.05, 3.63) is 41.7 Å². The molecule has 27 heavy (non-hydrogen) atoms. The van der Waals surface area contributed by atoms with Crippen molar-refractivity contribution >= 4 is 17.7 Å². The van der Waals surface area contributed by atoms with Crippen molar-refractivity contribution in [1.29, 1.82) is 0 Å². The van der Waals surface area contributed by atoms with Gasteiger partial charge in [0.05, 0.1) is 18.3 Å². The molecule has 1 aromatic heterocycles. The van der Waals surface area contributed by atoms with Gasteiger partial charge in [-0.05, 0) is 39.4 Å². The molecule has 2 aromatic rings. The largest absolute Gasteiger partial charge is 0.353 e. The van der Waals surface area contributed by atoms with Crippen molar-refractivity contribution in [3.63, 3.8) is 0 Å². The molecule has 2 rings (SSSR count). The number of aromatic nitrogens is 3. The fourth-order valence-electron chi connectivity index (χ4n) is 2.90. The van der Waals surface area contributed by atoms with E-state index in [1.54, 1.807) is 0 Å². The first-order chi connectivity index (χ1) is 13.0. The Morgan fingerprint density at radius 3 is 2.48 bits per heavy atom. The summed E-state index contributed by atoms with van der Waals surface area (Å²) in [7, 11) is 4.12. The number of nitrogens with zero attached hydrogens (tertiary/aromatic N) is 4. The van der Waals surface area contributed by atoms with Gasteiger partial charge in [0.15, 0.2) is 11.0 Å². The Kier molecular flexibility index (Phi) is 8.31. The topological polar surface area (TPSA) is 63.1 Å². The summed E-state index contributed by atoms with van der Waals surface area (Å²) < 4.78 is 2.14. The van der Waals surface area contributed by atoms with Crippen LogP contribution in [-0.4, -0.2) is 51.5 Å². The summed E-state index contributed by atoms with van der Waals surface area (Å²) in [5, 5.41) is 12.7. The molecule has 6 nitrogen and oxygen atoms in total. The average molecular weight is 390 g/mol. The normalized spacial score (nSPS) is 13.6. The SMILES string of the molecule is CC[C@H](C)NC(=O)CSc1nnc([C@H](CC)N(C)C)n1Cc1ccccc1. The van der Waals surface area contributed by atoms with Crippen LogP contribution < -0.4 is 5.32 Å². The first-order valence-corrected chi connectivity index (χ1v) is 10.5. The van der Waals surface area contributed by atoms with Crippen LogP contribution in [0.1, 0.15) is 51.0 Å². The maximum Gasteiger partial charge on any atom is 0.230 e. The van der Waals surface area contributed by atoms with Gasteiger partial charge < -0.3 is 9.88 Å². The summed E-state index contributed by atoms with van der Waals surface area (Å²) >= 11 is 1.45. The van der Waals surface area contributed by atoms with E-state index in [0.29, 0.717) is 12.3 Å². The van der Waals surface area contributed by atoms with E-state index >= 15 is 0 Å². The second kappa shape index (κ2) is 10.5. The highest BCUT2D eigenvalue weighted by Gasteiger charge is 2.22. The summed E-state index contributed by atoms with van der Waals surface area (Å²) in [6, 6.07) is 10.7. The molecular weight excluding hydrogens is 358 g/mol.